The van der Waals surface area contributed by atoms with Crippen molar-refractivity contribution in [2.75, 3.05) is 40.9 Å². The quantitative estimate of drug-likeness (QED) is 0.0210. The van der Waals surface area contributed by atoms with Crippen LogP contribution in [0.3, 0.4) is 0 Å². The minimum Gasteiger partial charge on any atom is -0.393 e. The molecule has 0 saturated heterocycles. The van der Waals surface area contributed by atoms with Crippen LogP contribution >= 0.6 is 7.82 Å². The van der Waals surface area contributed by atoms with E-state index in [1.54, 1.807) is 6.08 Å². The summed E-state index contributed by atoms with van der Waals surface area (Å²) in [5.74, 6) is -0.432. The second-order valence-corrected chi connectivity index (χ2v) is 18.4. The second-order valence-electron chi connectivity index (χ2n) is 17.0. The van der Waals surface area contributed by atoms with E-state index in [0.29, 0.717) is 17.4 Å². The normalized spacial score (nSPS) is 15.1. The number of nitrogens with zero attached hydrogens (tertiary/aromatic N) is 1. The fourth-order valence-corrected chi connectivity index (χ4v) is 7.29. The van der Waals surface area contributed by atoms with Crippen LogP contribution < -0.4 is 5.32 Å². The Labute approximate surface area is 339 Å². The number of amides is 1. The maximum absolute atomic E-state index is 12.9. The Bertz CT molecular complexity index is 971. The number of unbranched alkanes of at least 4 members (excludes halogenated alkanes) is 24. The summed E-state index contributed by atoms with van der Waals surface area (Å²) in [6.45, 7) is 4.64. The van der Waals surface area contributed by atoms with Crippen molar-refractivity contribution in [3.63, 3.8) is 0 Å². The summed E-state index contributed by atoms with van der Waals surface area (Å²) in [4.78, 5) is 23.2. The molecular formula is C45H90N2O7P+. The monoisotopic (exact) mass is 802 g/mol. The van der Waals surface area contributed by atoms with E-state index in [1.807, 2.05) is 27.2 Å². The standard InChI is InChI=1S/C45H89N2O7P/c1-6-8-10-12-14-16-18-20-21-22-23-25-26-28-30-32-34-36-42(48)40-45(50)46-43(41-54-55(51,52)53-39-38-47(3,4)5)44(49)37-35-33-31-29-27-24-19-17-15-13-11-9-7-2/h20-21,35,37,42-44,48-49H,6-19,22-34,36,38-41H2,1-5H3,(H-,46,50,51,52)/p+1/b21-20-,37-35+/t42?,43-,44+/m0/s1. The first-order valence-electron chi connectivity index (χ1n) is 22.8. The molecule has 0 fully saturated rings. The van der Waals surface area contributed by atoms with Gasteiger partial charge in [-0.05, 0) is 44.9 Å². The average molecular weight is 802 g/mol. The third-order valence-corrected chi connectivity index (χ3v) is 11.2. The van der Waals surface area contributed by atoms with Crippen molar-refractivity contribution in [3.05, 3.63) is 24.3 Å². The fraction of sp³-hybridized carbons (Fsp3) is 0.889. The highest BCUT2D eigenvalue weighted by molar-refractivity contribution is 7.47. The highest BCUT2D eigenvalue weighted by atomic mass is 31.2. The Morgan fingerprint density at radius 2 is 1.05 bits per heavy atom. The molecule has 0 aliphatic heterocycles. The molecule has 326 valence electrons. The molecule has 0 aliphatic carbocycles. The molecule has 0 heterocycles. The fourth-order valence-electron chi connectivity index (χ4n) is 6.55. The van der Waals surface area contributed by atoms with E-state index in [0.717, 1.165) is 38.5 Å². The Balaban J connectivity index is 4.49. The lowest BCUT2D eigenvalue weighted by Gasteiger charge is -2.25. The highest BCUT2D eigenvalue weighted by Gasteiger charge is 2.28. The predicted molar refractivity (Wildman–Crippen MR) is 232 cm³/mol. The summed E-state index contributed by atoms with van der Waals surface area (Å²) in [6.07, 6.45) is 39.9. The average Bonchev–Trinajstić information content (AvgIpc) is 3.12. The van der Waals surface area contributed by atoms with Crippen molar-refractivity contribution in [3.8, 4) is 0 Å². The molecule has 0 aromatic heterocycles. The van der Waals surface area contributed by atoms with E-state index in [-0.39, 0.29) is 13.0 Å². The van der Waals surface area contributed by atoms with E-state index in [4.69, 9.17) is 9.05 Å². The lowest BCUT2D eigenvalue weighted by molar-refractivity contribution is -0.870. The molecule has 4 N–H and O–H groups in total. The summed E-state index contributed by atoms with van der Waals surface area (Å²) in [5.41, 5.74) is 0. The Morgan fingerprint density at radius 3 is 1.51 bits per heavy atom. The molecule has 0 aromatic rings. The van der Waals surface area contributed by atoms with Crippen molar-refractivity contribution in [2.45, 2.75) is 218 Å². The van der Waals surface area contributed by atoms with Crippen LogP contribution in [0.25, 0.3) is 0 Å². The van der Waals surface area contributed by atoms with Crippen molar-refractivity contribution in [1.29, 1.82) is 0 Å². The third kappa shape index (κ3) is 39.5. The van der Waals surface area contributed by atoms with Gasteiger partial charge in [-0.3, -0.25) is 13.8 Å². The van der Waals surface area contributed by atoms with Crippen LogP contribution in [0.15, 0.2) is 24.3 Å². The van der Waals surface area contributed by atoms with Crippen LogP contribution in [0, 0.1) is 0 Å². The van der Waals surface area contributed by atoms with E-state index in [9.17, 15) is 24.5 Å². The van der Waals surface area contributed by atoms with Crippen LogP contribution in [0.5, 0.6) is 0 Å². The van der Waals surface area contributed by atoms with E-state index < -0.39 is 38.6 Å². The zero-order valence-electron chi connectivity index (χ0n) is 36.5. The number of carbonyl (C=O) groups excluding carboxylic acids is 1. The maximum Gasteiger partial charge on any atom is 0.472 e. The van der Waals surface area contributed by atoms with Crippen LogP contribution in [0.2, 0.25) is 0 Å². The zero-order valence-corrected chi connectivity index (χ0v) is 37.4. The number of likely N-dealkylation sites (N-methyl/N-ethyl adjacent to an activating group) is 1. The van der Waals surface area contributed by atoms with Gasteiger partial charge < -0.3 is 24.9 Å². The van der Waals surface area contributed by atoms with Gasteiger partial charge in [0, 0.05) is 0 Å². The van der Waals surface area contributed by atoms with E-state index in [1.165, 1.54) is 135 Å². The summed E-state index contributed by atoms with van der Waals surface area (Å²) >= 11 is 0. The summed E-state index contributed by atoms with van der Waals surface area (Å²) in [7, 11) is 1.45. The Kier molecular flexibility index (Phi) is 36.5. The van der Waals surface area contributed by atoms with Crippen LogP contribution in [-0.2, 0) is 18.4 Å². The van der Waals surface area contributed by atoms with Gasteiger partial charge in [0.05, 0.1) is 52.4 Å². The van der Waals surface area contributed by atoms with Crippen molar-refractivity contribution < 1.29 is 38.0 Å². The molecule has 0 aromatic carbocycles. The highest BCUT2D eigenvalue weighted by Crippen LogP contribution is 2.43. The van der Waals surface area contributed by atoms with Gasteiger partial charge in [-0.15, -0.1) is 0 Å². The Hall–Kier alpha value is -1.06. The predicted octanol–water partition coefficient (Wildman–Crippen LogP) is 11.5. The minimum atomic E-state index is -4.39. The van der Waals surface area contributed by atoms with E-state index >= 15 is 0 Å². The van der Waals surface area contributed by atoms with Gasteiger partial charge in [0.2, 0.25) is 5.91 Å². The number of hydrogen-bond acceptors (Lipinski definition) is 6. The molecule has 0 rings (SSSR count). The molecule has 55 heavy (non-hydrogen) atoms. The first kappa shape index (κ1) is 53.9. The molecule has 10 heteroatoms. The van der Waals surface area contributed by atoms with E-state index in [2.05, 4.69) is 31.3 Å². The van der Waals surface area contributed by atoms with Crippen LogP contribution in [0.4, 0.5) is 0 Å². The van der Waals surface area contributed by atoms with Crippen molar-refractivity contribution in [1.82, 2.24) is 5.32 Å². The van der Waals surface area contributed by atoms with Gasteiger partial charge in [0.1, 0.15) is 13.2 Å². The van der Waals surface area contributed by atoms with Gasteiger partial charge in [-0.1, -0.05) is 173 Å². The molecule has 4 atom stereocenters. The number of quaternary nitrogens is 1. The molecule has 0 spiro atoms. The van der Waals surface area contributed by atoms with Gasteiger partial charge >= 0.3 is 7.82 Å². The number of aliphatic hydroxyl groups excluding tert-OH is 2. The number of nitrogens with one attached hydrogen (secondary N) is 1. The molecule has 0 bridgehead atoms. The number of phosphoric acid groups is 1. The minimum absolute atomic E-state index is 0.0267. The molecule has 0 radical (unpaired) electrons. The molecule has 2 unspecified atom stereocenters. The number of aliphatic hydroxyl groups is 2. The van der Waals surface area contributed by atoms with Crippen LogP contribution in [0.1, 0.15) is 200 Å². The number of hydrogen-bond donors (Lipinski definition) is 4. The molecule has 0 saturated carbocycles. The number of carbonyl (C=O) groups is 1. The lowest BCUT2D eigenvalue weighted by Crippen LogP contribution is -2.46. The van der Waals surface area contributed by atoms with Crippen molar-refractivity contribution >= 4 is 13.7 Å². The first-order valence-corrected chi connectivity index (χ1v) is 24.3. The van der Waals surface area contributed by atoms with Gasteiger partial charge in [0.25, 0.3) is 0 Å². The van der Waals surface area contributed by atoms with Crippen molar-refractivity contribution in [2.24, 2.45) is 0 Å². The summed E-state index contributed by atoms with van der Waals surface area (Å²) in [5, 5.41) is 24.3. The number of phosphoric ester groups is 1. The van der Waals surface area contributed by atoms with Gasteiger partial charge in [-0.2, -0.15) is 0 Å². The van der Waals surface area contributed by atoms with Gasteiger partial charge in [0.15, 0.2) is 0 Å². The first-order chi connectivity index (χ1) is 26.4. The lowest BCUT2D eigenvalue weighted by atomic mass is 10.0. The summed E-state index contributed by atoms with van der Waals surface area (Å²) < 4.78 is 23.5. The second kappa shape index (κ2) is 37.2. The topological polar surface area (TPSA) is 125 Å². The zero-order chi connectivity index (χ0) is 40.9. The molecule has 1 amide bonds. The third-order valence-electron chi connectivity index (χ3n) is 10.2. The molecular weight excluding hydrogens is 711 g/mol. The summed E-state index contributed by atoms with van der Waals surface area (Å²) in [6, 6.07) is -0.966. The number of rotatable bonds is 41. The smallest absolute Gasteiger partial charge is 0.393 e. The Morgan fingerprint density at radius 1 is 0.636 bits per heavy atom. The van der Waals surface area contributed by atoms with Gasteiger partial charge in [-0.25, -0.2) is 4.57 Å². The number of allylic oxidation sites excluding steroid dienone is 3. The molecule has 0 aliphatic rings. The SMILES string of the molecule is CCCCCCCC/C=C\CCCCCCCCCC(O)CC(=O)N[C@@H](COP(=O)(O)OCC[N+](C)(C)C)[C@H](O)/C=C/CCCCCCCCCCCCC. The van der Waals surface area contributed by atoms with Crippen LogP contribution in [-0.4, -0.2) is 84.6 Å². The maximum atomic E-state index is 12.9. The largest absolute Gasteiger partial charge is 0.472 e. The molecule has 9 nitrogen and oxygen atoms in total.